The van der Waals surface area contributed by atoms with Gasteiger partial charge in [-0.2, -0.15) is 5.10 Å². The summed E-state index contributed by atoms with van der Waals surface area (Å²) in [6, 6.07) is 21.6. The molecular weight excluding hydrogens is 444 g/mol. The monoisotopic (exact) mass is 464 g/mol. The lowest BCUT2D eigenvalue weighted by atomic mass is 10.1. The van der Waals surface area contributed by atoms with E-state index < -0.39 is 0 Å². The predicted octanol–water partition coefficient (Wildman–Crippen LogP) is 4.53. The van der Waals surface area contributed by atoms with Crippen molar-refractivity contribution in [1.82, 2.24) is 5.43 Å². The van der Waals surface area contributed by atoms with Crippen molar-refractivity contribution in [1.29, 1.82) is 0 Å². The number of hydrogen-bond donors (Lipinski definition) is 2. The molecule has 0 bridgehead atoms. The molecule has 3 aromatic rings. The van der Waals surface area contributed by atoms with Crippen LogP contribution in [-0.4, -0.2) is 32.1 Å². The molecule has 0 spiro atoms. The van der Waals surface area contributed by atoms with Gasteiger partial charge in [-0.1, -0.05) is 40.2 Å². The molecular formula is C23H21BrN4O2. The Labute approximate surface area is 183 Å². The maximum absolute atomic E-state index is 12.4. The molecule has 0 radical (unpaired) electrons. The Morgan fingerprint density at radius 3 is 2.23 bits per heavy atom. The number of amides is 2. The first kappa shape index (κ1) is 21.3. The smallest absolute Gasteiger partial charge is 0.271 e. The summed E-state index contributed by atoms with van der Waals surface area (Å²) in [5.74, 6) is -0.622. The van der Waals surface area contributed by atoms with Gasteiger partial charge in [-0.3, -0.25) is 9.59 Å². The lowest BCUT2D eigenvalue weighted by Crippen LogP contribution is -2.18. The number of rotatable bonds is 6. The van der Waals surface area contributed by atoms with Crippen LogP contribution in [0.5, 0.6) is 0 Å². The highest BCUT2D eigenvalue weighted by molar-refractivity contribution is 9.10. The van der Waals surface area contributed by atoms with E-state index in [1.165, 1.54) is 0 Å². The van der Waals surface area contributed by atoms with E-state index in [2.05, 4.69) is 31.8 Å². The van der Waals surface area contributed by atoms with Crippen LogP contribution in [0.2, 0.25) is 0 Å². The van der Waals surface area contributed by atoms with Gasteiger partial charge >= 0.3 is 0 Å². The van der Waals surface area contributed by atoms with Gasteiger partial charge in [0.05, 0.1) is 6.21 Å². The summed E-state index contributed by atoms with van der Waals surface area (Å²) >= 11 is 3.35. The van der Waals surface area contributed by atoms with Gasteiger partial charge in [0.1, 0.15) is 0 Å². The number of anilines is 2. The van der Waals surface area contributed by atoms with Crippen LogP contribution in [0.3, 0.4) is 0 Å². The number of benzene rings is 3. The zero-order valence-corrected chi connectivity index (χ0v) is 18.2. The Morgan fingerprint density at radius 1 is 0.900 bits per heavy atom. The molecule has 30 heavy (non-hydrogen) atoms. The molecule has 2 amide bonds. The van der Waals surface area contributed by atoms with E-state index in [0.29, 0.717) is 16.8 Å². The molecule has 0 unspecified atom stereocenters. The zero-order chi connectivity index (χ0) is 21.5. The van der Waals surface area contributed by atoms with Crippen molar-refractivity contribution in [2.75, 3.05) is 24.3 Å². The first-order chi connectivity index (χ1) is 14.4. The molecule has 0 heterocycles. The highest BCUT2D eigenvalue weighted by Gasteiger charge is 2.09. The van der Waals surface area contributed by atoms with Gasteiger partial charge in [0.15, 0.2) is 0 Å². The molecule has 3 rings (SSSR count). The van der Waals surface area contributed by atoms with Crippen LogP contribution < -0.4 is 15.6 Å². The Balaban J connectivity index is 1.62. The minimum atomic E-state index is -0.366. The van der Waals surface area contributed by atoms with E-state index in [9.17, 15) is 9.59 Å². The number of nitrogens with one attached hydrogen (secondary N) is 2. The highest BCUT2D eigenvalue weighted by atomic mass is 79.9. The number of hydrazone groups is 1. The summed E-state index contributed by atoms with van der Waals surface area (Å²) in [4.78, 5) is 26.8. The number of halogens is 1. The van der Waals surface area contributed by atoms with Crippen molar-refractivity contribution in [2.45, 2.75) is 0 Å². The van der Waals surface area contributed by atoms with E-state index in [0.717, 1.165) is 15.7 Å². The van der Waals surface area contributed by atoms with Crippen LogP contribution in [0.15, 0.2) is 82.4 Å². The van der Waals surface area contributed by atoms with Gasteiger partial charge < -0.3 is 10.2 Å². The summed E-state index contributed by atoms with van der Waals surface area (Å²) in [5.41, 5.74) is 5.89. The molecule has 6 nitrogen and oxygen atoms in total. The standard InChI is InChI=1S/C23H21BrN4O2/c1-28(2)21-11-9-16(10-12-21)15-25-27-23(30)18-6-4-8-20(14-18)26-22(29)17-5-3-7-19(24)13-17/h3-15H,1-2H3,(H,26,29)(H,27,30). The number of nitrogens with zero attached hydrogens (tertiary/aromatic N) is 2. The molecule has 0 saturated heterocycles. The van der Waals surface area contributed by atoms with Crippen LogP contribution in [0.25, 0.3) is 0 Å². The summed E-state index contributed by atoms with van der Waals surface area (Å²) in [5, 5.41) is 6.80. The van der Waals surface area contributed by atoms with Crippen LogP contribution in [-0.2, 0) is 0 Å². The maximum Gasteiger partial charge on any atom is 0.271 e. The van der Waals surface area contributed by atoms with Crippen molar-refractivity contribution in [3.05, 3.63) is 94.0 Å². The molecule has 0 saturated carbocycles. The van der Waals surface area contributed by atoms with Crippen LogP contribution in [0.1, 0.15) is 26.3 Å². The van der Waals surface area contributed by atoms with Gasteiger partial charge in [0.25, 0.3) is 11.8 Å². The molecule has 0 aliphatic carbocycles. The normalized spacial score (nSPS) is 10.6. The summed E-state index contributed by atoms with van der Waals surface area (Å²) in [6.07, 6.45) is 1.58. The number of carbonyl (C=O) groups excluding carboxylic acids is 2. The molecule has 0 fully saturated rings. The zero-order valence-electron chi connectivity index (χ0n) is 16.6. The second kappa shape index (κ2) is 9.84. The van der Waals surface area contributed by atoms with Crippen molar-refractivity contribution in [3.63, 3.8) is 0 Å². The van der Waals surface area contributed by atoms with Gasteiger partial charge in [-0.25, -0.2) is 5.43 Å². The number of hydrogen-bond acceptors (Lipinski definition) is 4. The summed E-state index contributed by atoms with van der Waals surface area (Å²) in [7, 11) is 3.94. The molecule has 0 aliphatic rings. The lowest BCUT2D eigenvalue weighted by Gasteiger charge is -2.11. The van der Waals surface area contributed by atoms with Crippen LogP contribution in [0, 0.1) is 0 Å². The molecule has 0 aromatic heterocycles. The molecule has 152 valence electrons. The van der Waals surface area contributed by atoms with E-state index in [1.807, 2.05) is 49.3 Å². The average molecular weight is 465 g/mol. The highest BCUT2D eigenvalue weighted by Crippen LogP contribution is 2.15. The van der Waals surface area contributed by atoms with Crippen molar-refractivity contribution in [2.24, 2.45) is 5.10 Å². The van der Waals surface area contributed by atoms with Gasteiger partial charge in [-0.15, -0.1) is 0 Å². The fourth-order valence-corrected chi connectivity index (χ4v) is 3.06. The molecule has 7 heteroatoms. The van der Waals surface area contributed by atoms with Crippen molar-refractivity contribution < 1.29 is 9.59 Å². The average Bonchev–Trinajstić information content (AvgIpc) is 2.74. The Morgan fingerprint density at radius 2 is 1.57 bits per heavy atom. The Bertz CT molecular complexity index is 1080. The maximum atomic E-state index is 12.4. The van der Waals surface area contributed by atoms with E-state index in [1.54, 1.807) is 48.7 Å². The molecule has 0 aliphatic heterocycles. The van der Waals surface area contributed by atoms with Crippen molar-refractivity contribution >= 4 is 45.3 Å². The fraction of sp³-hybridized carbons (Fsp3) is 0.0870. The van der Waals surface area contributed by atoms with Crippen molar-refractivity contribution in [3.8, 4) is 0 Å². The lowest BCUT2D eigenvalue weighted by molar-refractivity contribution is 0.0953. The topological polar surface area (TPSA) is 73.8 Å². The third-order valence-electron chi connectivity index (χ3n) is 4.26. The molecule has 2 N–H and O–H groups in total. The summed E-state index contributed by atoms with van der Waals surface area (Å²) in [6.45, 7) is 0. The summed E-state index contributed by atoms with van der Waals surface area (Å²) < 4.78 is 0.817. The van der Waals surface area contributed by atoms with E-state index in [-0.39, 0.29) is 11.8 Å². The van der Waals surface area contributed by atoms with E-state index in [4.69, 9.17) is 0 Å². The Hall–Kier alpha value is -3.45. The third-order valence-corrected chi connectivity index (χ3v) is 4.75. The minimum Gasteiger partial charge on any atom is -0.378 e. The quantitative estimate of drug-likeness (QED) is 0.415. The second-order valence-corrected chi connectivity index (χ2v) is 7.65. The first-order valence-corrected chi connectivity index (χ1v) is 9.99. The molecule has 3 aromatic carbocycles. The van der Waals surface area contributed by atoms with Gasteiger partial charge in [0.2, 0.25) is 0 Å². The largest absolute Gasteiger partial charge is 0.378 e. The van der Waals surface area contributed by atoms with E-state index >= 15 is 0 Å². The second-order valence-electron chi connectivity index (χ2n) is 6.73. The van der Waals surface area contributed by atoms with Gasteiger partial charge in [0, 0.05) is 41.1 Å². The van der Waals surface area contributed by atoms with Gasteiger partial charge in [-0.05, 0) is 54.1 Å². The first-order valence-electron chi connectivity index (χ1n) is 9.20. The third kappa shape index (κ3) is 5.78. The number of carbonyl (C=O) groups is 2. The minimum absolute atomic E-state index is 0.256. The predicted molar refractivity (Wildman–Crippen MR) is 124 cm³/mol. The van der Waals surface area contributed by atoms with Crippen LogP contribution >= 0.6 is 15.9 Å². The fourth-order valence-electron chi connectivity index (χ4n) is 2.66. The molecule has 0 atom stereocenters. The van der Waals surface area contributed by atoms with Crippen LogP contribution in [0.4, 0.5) is 11.4 Å². The Kier molecular flexibility index (Phi) is 6.98. The SMILES string of the molecule is CN(C)c1ccc(C=NNC(=O)c2cccc(NC(=O)c3cccc(Br)c3)c2)cc1.